The molecule has 0 atom stereocenters. The van der Waals surface area contributed by atoms with Crippen LogP contribution >= 0.6 is 11.6 Å². The van der Waals surface area contributed by atoms with Crippen LogP contribution in [0.2, 0.25) is 5.02 Å². The molecule has 18 heavy (non-hydrogen) atoms. The second-order valence-electron chi connectivity index (χ2n) is 3.90. The average molecular weight is 263 g/mol. The van der Waals surface area contributed by atoms with E-state index in [1.54, 1.807) is 6.20 Å². The lowest BCUT2D eigenvalue weighted by molar-refractivity contribution is 0.479. The minimum Gasteiger partial charge on any atom is -0.456 e. The zero-order chi connectivity index (χ0) is 13.0. The molecule has 1 aromatic heterocycles. The lowest BCUT2D eigenvalue weighted by Crippen LogP contribution is -1.98. The molecule has 3 nitrogen and oxygen atoms in total. The third-order valence-corrected chi connectivity index (χ3v) is 3.01. The van der Waals surface area contributed by atoms with Crippen LogP contribution in [0.1, 0.15) is 18.2 Å². The number of benzene rings is 1. The van der Waals surface area contributed by atoms with Crippen LogP contribution in [0.4, 0.5) is 0 Å². The van der Waals surface area contributed by atoms with Crippen LogP contribution in [0, 0.1) is 0 Å². The van der Waals surface area contributed by atoms with Gasteiger partial charge in [-0.2, -0.15) is 0 Å². The fourth-order valence-corrected chi connectivity index (χ4v) is 1.86. The van der Waals surface area contributed by atoms with Crippen LogP contribution in [0.5, 0.6) is 11.5 Å². The van der Waals surface area contributed by atoms with E-state index in [1.165, 1.54) is 0 Å². The molecule has 2 rings (SSSR count). The number of nitrogens with two attached hydrogens (primary N) is 1. The van der Waals surface area contributed by atoms with Crippen molar-refractivity contribution in [2.24, 2.45) is 5.73 Å². The van der Waals surface area contributed by atoms with Gasteiger partial charge in [-0.1, -0.05) is 18.5 Å². The summed E-state index contributed by atoms with van der Waals surface area (Å²) in [6, 6.07) is 9.34. The minimum absolute atomic E-state index is 0.432. The van der Waals surface area contributed by atoms with Crippen molar-refractivity contribution in [2.45, 2.75) is 19.9 Å². The third kappa shape index (κ3) is 3.00. The minimum atomic E-state index is 0.432. The molecule has 0 aliphatic carbocycles. The van der Waals surface area contributed by atoms with Crippen LogP contribution in [0.25, 0.3) is 0 Å². The normalized spacial score (nSPS) is 10.4. The molecule has 4 heteroatoms. The van der Waals surface area contributed by atoms with E-state index in [2.05, 4.69) is 11.9 Å². The van der Waals surface area contributed by atoms with Crippen molar-refractivity contribution in [2.75, 3.05) is 0 Å². The Morgan fingerprint density at radius 3 is 2.61 bits per heavy atom. The van der Waals surface area contributed by atoms with E-state index in [1.807, 2.05) is 30.3 Å². The standard InChI is InChI=1S/C14H15ClN2O/c1-2-10-7-12(5-6-14(10)15)18-13-4-3-11(8-16)17-9-13/h3-7,9H,2,8,16H2,1H3. The number of rotatable bonds is 4. The Kier molecular flexibility index (Phi) is 4.18. The molecule has 0 radical (unpaired) electrons. The number of pyridine rings is 1. The highest BCUT2D eigenvalue weighted by Gasteiger charge is 2.03. The summed E-state index contributed by atoms with van der Waals surface area (Å²) in [6.45, 7) is 2.49. The van der Waals surface area contributed by atoms with Gasteiger partial charge in [0.05, 0.1) is 11.9 Å². The molecule has 2 N–H and O–H groups in total. The molecule has 94 valence electrons. The van der Waals surface area contributed by atoms with Crippen molar-refractivity contribution < 1.29 is 4.74 Å². The molecule has 0 saturated heterocycles. The van der Waals surface area contributed by atoms with Gasteiger partial charge in [-0.15, -0.1) is 0 Å². The van der Waals surface area contributed by atoms with Crippen LogP contribution in [0.15, 0.2) is 36.5 Å². The third-order valence-electron chi connectivity index (χ3n) is 2.64. The molecular weight excluding hydrogens is 248 g/mol. The fraction of sp³-hybridized carbons (Fsp3) is 0.214. The molecule has 2 aromatic rings. The summed E-state index contributed by atoms with van der Waals surface area (Å²) in [7, 11) is 0. The van der Waals surface area contributed by atoms with Crippen molar-refractivity contribution in [1.82, 2.24) is 4.98 Å². The molecule has 0 unspecified atom stereocenters. The largest absolute Gasteiger partial charge is 0.456 e. The Morgan fingerprint density at radius 1 is 1.22 bits per heavy atom. The Hall–Kier alpha value is -1.58. The summed E-state index contributed by atoms with van der Waals surface area (Å²) in [4.78, 5) is 4.18. The highest BCUT2D eigenvalue weighted by atomic mass is 35.5. The molecule has 0 fully saturated rings. The van der Waals surface area contributed by atoms with Gasteiger partial charge in [-0.05, 0) is 42.3 Å². The van der Waals surface area contributed by atoms with Gasteiger partial charge in [0.2, 0.25) is 0 Å². The summed E-state index contributed by atoms with van der Waals surface area (Å²) in [5.41, 5.74) is 7.40. The number of halogens is 1. The predicted octanol–water partition coefficient (Wildman–Crippen LogP) is 3.55. The number of ether oxygens (including phenoxy) is 1. The molecule has 0 amide bonds. The summed E-state index contributed by atoms with van der Waals surface area (Å²) in [5.74, 6) is 1.45. The highest BCUT2D eigenvalue weighted by Crippen LogP contribution is 2.26. The number of hydrogen-bond donors (Lipinski definition) is 1. The average Bonchev–Trinajstić information content (AvgIpc) is 2.42. The first-order valence-electron chi connectivity index (χ1n) is 5.84. The Balaban J connectivity index is 2.17. The zero-order valence-electron chi connectivity index (χ0n) is 10.2. The molecule has 0 aliphatic rings. The molecule has 1 aromatic carbocycles. The van der Waals surface area contributed by atoms with Crippen molar-refractivity contribution >= 4 is 11.6 Å². The maximum absolute atomic E-state index is 6.06. The van der Waals surface area contributed by atoms with E-state index in [9.17, 15) is 0 Å². The molecule has 1 heterocycles. The van der Waals surface area contributed by atoms with E-state index < -0.39 is 0 Å². The topological polar surface area (TPSA) is 48.1 Å². The Bertz CT molecular complexity index is 526. The van der Waals surface area contributed by atoms with Gasteiger partial charge in [0, 0.05) is 11.6 Å². The first kappa shape index (κ1) is 12.9. The second kappa shape index (κ2) is 5.85. The summed E-state index contributed by atoms with van der Waals surface area (Å²) in [5, 5.41) is 0.765. The molecule has 0 saturated carbocycles. The zero-order valence-corrected chi connectivity index (χ0v) is 10.9. The lowest BCUT2D eigenvalue weighted by Gasteiger charge is -2.08. The SMILES string of the molecule is CCc1cc(Oc2ccc(CN)nc2)ccc1Cl. The van der Waals surface area contributed by atoms with E-state index >= 15 is 0 Å². The van der Waals surface area contributed by atoms with Gasteiger partial charge >= 0.3 is 0 Å². The Labute approximate surface area is 112 Å². The molecular formula is C14H15ClN2O. The first-order valence-corrected chi connectivity index (χ1v) is 6.22. The van der Waals surface area contributed by atoms with Gasteiger partial charge < -0.3 is 10.5 Å². The maximum atomic E-state index is 6.06. The van der Waals surface area contributed by atoms with Crippen LogP contribution < -0.4 is 10.5 Å². The van der Waals surface area contributed by atoms with Gasteiger partial charge in [0.25, 0.3) is 0 Å². The fourth-order valence-electron chi connectivity index (χ4n) is 1.61. The second-order valence-corrected chi connectivity index (χ2v) is 4.31. The van der Waals surface area contributed by atoms with Crippen molar-refractivity contribution in [1.29, 1.82) is 0 Å². The first-order chi connectivity index (χ1) is 8.72. The number of nitrogens with zero attached hydrogens (tertiary/aromatic N) is 1. The monoisotopic (exact) mass is 262 g/mol. The van der Waals surface area contributed by atoms with E-state index in [0.717, 1.165) is 28.5 Å². The molecule has 0 bridgehead atoms. The number of hydrogen-bond acceptors (Lipinski definition) is 3. The van der Waals surface area contributed by atoms with Crippen molar-refractivity contribution in [3.8, 4) is 11.5 Å². The smallest absolute Gasteiger partial charge is 0.145 e. The van der Waals surface area contributed by atoms with E-state index in [-0.39, 0.29) is 0 Å². The van der Waals surface area contributed by atoms with Crippen molar-refractivity contribution in [3.05, 3.63) is 52.8 Å². The highest BCUT2D eigenvalue weighted by molar-refractivity contribution is 6.31. The van der Waals surface area contributed by atoms with Gasteiger partial charge in [0.15, 0.2) is 0 Å². The van der Waals surface area contributed by atoms with Crippen molar-refractivity contribution in [3.63, 3.8) is 0 Å². The Morgan fingerprint density at radius 2 is 2.00 bits per heavy atom. The lowest BCUT2D eigenvalue weighted by atomic mass is 10.1. The van der Waals surface area contributed by atoms with E-state index in [0.29, 0.717) is 12.3 Å². The van der Waals surface area contributed by atoms with Gasteiger partial charge in [-0.25, -0.2) is 0 Å². The van der Waals surface area contributed by atoms with Crippen LogP contribution in [-0.2, 0) is 13.0 Å². The summed E-state index contributed by atoms with van der Waals surface area (Å²) >= 11 is 6.06. The predicted molar refractivity (Wildman–Crippen MR) is 73.0 cm³/mol. The van der Waals surface area contributed by atoms with Crippen LogP contribution in [0.3, 0.4) is 0 Å². The molecule has 0 aliphatic heterocycles. The summed E-state index contributed by atoms with van der Waals surface area (Å²) < 4.78 is 5.71. The van der Waals surface area contributed by atoms with Gasteiger partial charge in [0.1, 0.15) is 11.5 Å². The molecule has 0 spiro atoms. The number of aromatic nitrogens is 1. The van der Waals surface area contributed by atoms with E-state index in [4.69, 9.17) is 22.1 Å². The summed E-state index contributed by atoms with van der Waals surface area (Å²) in [6.07, 6.45) is 2.54. The van der Waals surface area contributed by atoms with Gasteiger partial charge in [-0.3, -0.25) is 4.98 Å². The number of aryl methyl sites for hydroxylation is 1. The van der Waals surface area contributed by atoms with Crippen LogP contribution in [-0.4, -0.2) is 4.98 Å². The maximum Gasteiger partial charge on any atom is 0.145 e. The quantitative estimate of drug-likeness (QED) is 0.917.